The van der Waals surface area contributed by atoms with Crippen molar-refractivity contribution < 1.29 is 14.3 Å². The lowest BCUT2D eigenvalue weighted by Gasteiger charge is -2.12. The molecule has 0 radical (unpaired) electrons. The molecular weight excluding hydrogens is 259 g/mol. The molecular formula is C15H15FN2O2. The van der Waals surface area contributed by atoms with Crippen LogP contribution < -0.4 is 5.32 Å². The van der Waals surface area contributed by atoms with Gasteiger partial charge in [-0.3, -0.25) is 4.79 Å². The van der Waals surface area contributed by atoms with Gasteiger partial charge in [-0.1, -0.05) is 18.2 Å². The maximum atomic E-state index is 13.6. The van der Waals surface area contributed by atoms with E-state index < -0.39 is 5.82 Å². The first kappa shape index (κ1) is 13.0. The van der Waals surface area contributed by atoms with E-state index >= 15 is 0 Å². The van der Waals surface area contributed by atoms with E-state index in [9.17, 15) is 14.3 Å². The van der Waals surface area contributed by atoms with Crippen LogP contribution in [0.3, 0.4) is 0 Å². The normalized spacial score (nSPS) is 16.1. The number of aliphatic hydroxyl groups excluding tert-OH is 1. The molecule has 20 heavy (non-hydrogen) atoms. The van der Waals surface area contributed by atoms with Gasteiger partial charge in [0.2, 0.25) is 0 Å². The van der Waals surface area contributed by atoms with Crippen LogP contribution >= 0.6 is 0 Å². The molecule has 3 rings (SSSR count). The second kappa shape index (κ2) is 4.83. The molecule has 5 heteroatoms. The summed E-state index contributed by atoms with van der Waals surface area (Å²) in [5.41, 5.74) is 0.234. The molecule has 1 amide bonds. The predicted octanol–water partition coefficient (Wildman–Crippen LogP) is 1.88. The van der Waals surface area contributed by atoms with Crippen molar-refractivity contribution in [2.24, 2.45) is 5.41 Å². The molecule has 1 heterocycles. The molecule has 0 saturated heterocycles. The van der Waals surface area contributed by atoms with E-state index in [-0.39, 0.29) is 29.1 Å². The highest BCUT2D eigenvalue weighted by Crippen LogP contribution is 2.44. The second-order valence-electron chi connectivity index (χ2n) is 5.35. The number of para-hydroxylation sites is 1. The van der Waals surface area contributed by atoms with Gasteiger partial charge >= 0.3 is 0 Å². The van der Waals surface area contributed by atoms with Crippen molar-refractivity contribution >= 4 is 16.8 Å². The average Bonchev–Trinajstić information content (AvgIpc) is 3.25. The number of aliphatic hydroxyl groups is 1. The molecule has 0 unspecified atom stereocenters. The van der Waals surface area contributed by atoms with Crippen molar-refractivity contribution in [3.8, 4) is 0 Å². The molecule has 0 spiro atoms. The van der Waals surface area contributed by atoms with Crippen molar-refractivity contribution in [2.75, 3.05) is 13.2 Å². The summed E-state index contributed by atoms with van der Waals surface area (Å²) in [6.07, 6.45) is 1.84. The molecule has 0 atom stereocenters. The van der Waals surface area contributed by atoms with Gasteiger partial charge in [-0.05, 0) is 25.0 Å². The van der Waals surface area contributed by atoms with E-state index in [1.165, 1.54) is 6.07 Å². The van der Waals surface area contributed by atoms with Crippen LogP contribution in [0.15, 0.2) is 30.3 Å². The summed E-state index contributed by atoms with van der Waals surface area (Å²) in [5.74, 6) is -0.777. The third-order valence-electron chi connectivity index (χ3n) is 3.82. The highest BCUT2D eigenvalue weighted by Gasteiger charge is 2.42. The molecule has 1 aromatic carbocycles. The number of pyridine rings is 1. The number of hydrogen-bond donors (Lipinski definition) is 2. The van der Waals surface area contributed by atoms with Gasteiger partial charge in [0.25, 0.3) is 5.91 Å². The average molecular weight is 274 g/mol. The highest BCUT2D eigenvalue weighted by molar-refractivity contribution is 5.95. The lowest BCUT2D eigenvalue weighted by atomic mass is 10.1. The largest absolute Gasteiger partial charge is 0.396 e. The topological polar surface area (TPSA) is 62.2 Å². The van der Waals surface area contributed by atoms with Crippen molar-refractivity contribution in [1.82, 2.24) is 10.3 Å². The van der Waals surface area contributed by atoms with Crippen molar-refractivity contribution in [1.29, 1.82) is 0 Å². The summed E-state index contributed by atoms with van der Waals surface area (Å²) >= 11 is 0. The molecule has 0 aliphatic heterocycles. The zero-order valence-electron chi connectivity index (χ0n) is 10.9. The third kappa shape index (κ3) is 2.36. The van der Waals surface area contributed by atoms with Crippen LogP contribution in [-0.4, -0.2) is 29.1 Å². The van der Waals surface area contributed by atoms with E-state index in [2.05, 4.69) is 10.3 Å². The van der Waals surface area contributed by atoms with Crippen molar-refractivity contribution in [3.05, 3.63) is 41.8 Å². The predicted molar refractivity (Wildman–Crippen MR) is 72.8 cm³/mol. The van der Waals surface area contributed by atoms with Crippen LogP contribution in [-0.2, 0) is 0 Å². The van der Waals surface area contributed by atoms with E-state index in [0.29, 0.717) is 11.9 Å². The van der Waals surface area contributed by atoms with Gasteiger partial charge in [-0.25, -0.2) is 9.37 Å². The number of nitrogens with zero attached hydrogens (tertiary/aromatic N) is 1. The minimum Gasteiger partial charge on any atom is -0.396 e. The number of aromatic nitrogens is 1. The zero-order chi connectivity index (χ0) is 14.2. The minimum atomic E-state index is -0.439. The standard InChI is InChI=1S/C15H15FN2O2/c16-11-3-1-2-10-4-5-12(18-13(10)11)14(20)17-8-15(9-19)6-7-15/h1-5,19H,6-9H2,(H,17,20). The monoisotopic (exact) mass is 274 g/mol. The Hall–Kier alpha value is -2.01. The summed E-state index contributed by atoms with van der Waals surface area (Å²) < 4.78 is 13.6. The van der Waals surface area contributed by atoms with Gasteiger partial charge in [0, 0.05) is 17.3 Å². The Morgan fingerprint density at radius 1 is 1.35 bits per heavy atom. The Balaban J connectivity index is 1.79. The molecule has 0 bridgehead atoms. The van der Waals surface area contributed by atoms with Crippen LogP contribution in [0.5, 0.6) is 0 Å². The molecule has 1 aliphatic carbocycles. The minimum absolute atomic E-state index is 0.0764. The Morgan fingerprint density at radius 2 is 2.15 bits per heavy atom. The van der Waals surface area contributed by atoms with Crippen LogP contribution in [0.25, 0.3) is 10.9 Å². The quantitative estimate of drug-likeness (QED) is 0.894. The van der Waals surface area contributed by atoms with Crippen LogP contribution in [0, 0.1) is 11.2 Å². The second-order valence-corrected chi connectivity index (χ2v) is 5.35. The molecule has 2 aromatic rings. The third-order valence-corrected chi connectivity index (χ3v) is 3.82. The van der Waals surface area contributed by atoms with E-state index in [0.717, 1.165) is 12.8 Å². The number of nitrogens with one attached hydrogen (secondary N) is 1. The number of amides is 1. The highest BCUT2D eigenvalue weighted by atomic mass is 19.1. The maximum Gasteiger partial charge on any atom is 0.269 e. The Morgan fingerprint density at radius 3 is 2.85 bits per heavy atom. The SMILES string of the molecule is O=C(NCC1(CO)CC1)c1ccc2cccc(F)c2n1. The first-order valence-electron chi connectivity index (χ1n) is 6.58. The van der Waals surface area contributed by atoms with E-state index in [4.69, 9.17) is 0 Å². The van der Waals surface area contributed by atoms with Gasteiger partial charge in [0.05, 0.1) is 6.61 Å². The van der Waals surface area contributed by atoms with Crippen molar-refractivity contribution in [3.63, 3.8) is 0 Å². The number of hydrogen-bond acceptors (Lipinski definition) is 3. The summed E-state index contributed by atoms with van der Waals surface area (Å²) in [4.78, 5) is 16.1. The van der Waals surface area contributed by atoms with Gasteiger partial charge in [0.1, 0.15) is 17.0 Å². The molecule has 4 nitrogen and oxygen atoms in total. The Bertz CT molecular complexity index is 668. The summed E-state index contributed by atoms with van der Waals surface area (Å²) in [7, 11) is 0. The fourth-order valence-electron chi connectivity index (χ4n) is 2.16. The lowest BCUT2D eigenvalue weighted by molar-refractivity contribution is 0.0930. The number of benzene rings is 1. The number of halogens is 1. The summed E-state index contributed by atoms with van der Waals surface area (Å²) in [6, 6.07) is 7.94. The number of fused-ring (bicyclic) bond motifs is 1. The molecule has 1 aromatic heterocycles. The number of carbonyl (C=O) groups is 1. The first-order chi connectivity index (χ1) is 9.63. The van der Waals surface area contributed by atoms with Crippen molar-refractivity contribution in [2.45, 2.75) is 12.8 Å². The first-order valence-corrected chi connectivity index (χ1v) is 6.58. The fraction of sp³-hybridized carbons (Fsp3) is 0.333. The molecule has 1 aliphatic rings. The van der Waals surface area contributed by atoms with Crippen LogP contribution in [0.1, 0.15) is 23.3 Å². The Labute approximate surface area is 115 Å². The van der Waals surface area contributed by atoms with Crippen LogP contribution in [0.4, 0.5) is 4.39 Å². The number of rotatable bonds is 4. The van der Waals surface area contributed by atoms with Crippen LogP contribution in [0.2, 0.25) is 0 Å². The Kier molecular flexibility index (Phi) is 3.14. The fourth-order valence-corrected chi connectivity index (χ4v) is 2.16. The molecule has 2 N–H and O–H groups in total. The van der Waals surface area contributed by atoms with E-state index in [1.807, 2.05) is 0 Å². The molecule has 1 fully saturated rings. The van der Waals surface area contributed by atoms with Gasteiger partial charge in [-0.15, -0.1) is 0 Å². The lowest BCUT2D eigenvalue weighted by Crippen LogP contribution is -2.32. The van der Waals surface area contributed by atoms with Gasteiger partial charge in [-0.2, -0.15) is 0 Å². The molecule has 1 saturated carbocycles. The zero-order valence-corrected chi connectivity index (χ0v) is 10.9. The van der Waals surface area contributed by atoms with Gasteiger partial charge < -0.3 is 10.4 Å². The maximum absolute atomic E-state index is 13.6. The molecule has 104 valence electrons. The van der Waals surface area contributed by atoms with E-state index in [1.54, 1.807) is 24.3 Å². The number of carbonyl (C=O) groups excluding carboxylic acids is 1. The van der Waals surface area contributed by atoms with Gasteiger partial charge in [0.15, 0.2) is 0 Å². The smallest absolute Gasteiger partial charge is 0.269 e. The summed E-state index contributed by atoms with van der Waals surface area (Å²) in [5, 5.41) is 12.6. The summed E-state index contributed by atoms with van der Waals surface area (Å²) in [6.45, 7) is 0.506.